The van der Waals surface area contributed by atoms with E-state index < -0.39 is 0 Å². The van der Waals surface area contributed by atoms with Crippen LogP contribution in [-0.4, -0.2) is 59.3 Å². The normalized spacial score (nSPS) is 16.5. The van der Waals surface area contributed by atoms with Crippen molar-refractivity contribution in [1.82, 2.24) is 14.9 Å². The third-order valence-electron chi connectivity index (χ3n) is 4.20. The van der Waals surface area contributed by atoms with Crippen molar-refractivity contribution in [2.45, 2.75) is 46.0 Å². The molecule has 0 radical (unpaired) electrons. The first-order chi connectivity index (χ1) is 10.6. The number of aromatic nitrogens is 2. The third-order valence-corrected chi connectivity index (χ3v) is 4.20. The second kappa shape index (κ2) is 8.44. The van der Waals surface area contributed by atoms with Crippen molar-refractivity contribution in [3.63, 3.8) is 0 Å². The Labute approximate surface area is 134 Å². The minimum atomic E-state index is 0.318. The lowest BCUT2D eigenvalue weighted by Gasteiger charge is -2.35. The van der Waals surface area contributed by atoms with E-state index in [-0.39, 0.29) is 0 Å². The maximum atomic E-state index is 8.82. The molecule has 0 aromatic carbocycles. The van der Waals surface area contributed by atoms with E-state index in [4.69, 9.17) is 10.1 Å². The number of aryl methyl sites for hydroxylation is 1. The Kier molecular flexibility index (Phi) is 6.58. The van der Waals surface area contributed by atoms with Crippen molar-refractivity contribution in [2.75, 3.05) is 44.2 Å². The number of unbranched alkanes of at least 4 members (excludes halogenated alkanes) is 2. The van der Waals surface area contributed by atoms with Crippen LogP contribution in [0.25, 0.3) is 0 Å². The lowest BCUT2D eigenvalue weighted by atomic mass is 10.2. The number of anilines is 1. The molecule has 0 spiro atoms. The number of nitrogens with zero attached hydrogens (tertiary/aromatic N) is 4. The van der Waals surface area contributed by atoms with Crippen LogP contribution in [0.3, 0.4) is 0 Å². The van der Waals surface area contributed by atoms with Gasteiger partial charge in [0.15, 0.2) is 0 Å². The van der Waals surface area contributed by atoms with E-state index in [1.165, 1.54) is 6.42 Å². The smallest absolute Gasteiger partial charge is 0.133 e. The fourth-order valence-electron chi connectivity index (χ4n) is 2.82. The summed E-state index contributed by atoms with van der Waals surface area (Å²) in [6.07, 6.45) is 3.24. The fourth-order valence-corrected chi connectivity index (χ4v) is 2.82. The highest BCUT2D eigenvalue weighted by Gasteiger charge is 2.19. The van der Waals surface area contributed by atoms with Gasteiger partial charge in [-0.25, -0.2) is 9.97 Å². The molecule has 1 aromatic rings. The molecule has 2 rings (SSSR count). The highest BCUT2D eigenvalue weighted by molar-refractivity contribution is 5.40. The lowest BCUT2D eigenvalue weighted by molar-refractivity contribution is 0.242. The number of hydrogen-bond donors (Lipinski definition) is 1. The number of hydrogen-bond acceptors (Lipinski definition) is 5. The Bertz CT molecular complexity index is 456. The summed E-state index contributed by atoms with van der Waals surface area (Å²) in [4.78, 5) is 14.2. The van der Waals surface area contributed by atoms with Crippen LogP contribution >= 0.6 is 0 Å². The van der Waals surface area contributed by atoms with Gasteiger partial charge in [0, 0.05) is 50.5 Å². The van der Waals surface area contributed by atoms with Crippen LogP contribution < -0.4 is 4.90 Å². The first-order valence-electron chi connectivity index (χ1n) is 8.54. The van der Waals surface area contributed by atoms with E-state index in [1.807, 2.05) is 0 Å². The van der Waals surface area contributed by atoms with E-state index in [2.05, 4.69) is 41.6 Å². The SMILES string of the molecule is Cc1cc(N2CCN(CCCCCO)CC2)nc(C(C)C)n1. The number of aliphatic hydroxyl groups is 1. The molecule has 0 aliphatic carbocycles. The minimum Gasteiger partial charge on any atom is -0.396 e. The van der Waals surface area contributed by atoms with Gasteiger partial charge in [-0.1, -0.05) is 13.8 Å². The molecule has 2 heterocycles. The molecule has 0 amide bonds. The summed E-state index contributed by atoms with van der Waals surface area (Å²) in [5, 5.41) is 8.82. The lowest BCUT2D eigenvalue weighted by Crippen LogP contribution is -2.47. The first kappa shape index (κ1) is 17.2. The van der Waals surface area contributed by atoms with E-state index in [1.54, 1.807) is 0 Å². The van der Waals surface area contributed by atoms with Crippen molar-refractivity contribution >= 4 is 5.82 Å². The predicted molar refractivity (Wildman–Crippen MR) is 90.4 cm³/mol. The molecular formula is C17H30N4O. The monoisotopic (exact) mass is 306 g/mol. The van der Waals surface area contributed by atoms with Gasteiger partial charge in [-0.3, -0.25) is 4.90 Å². The van der Waals surface area contributed by atoms with Crippen molar-refractivity contribution in [3.8, 4) is 0 Å². The van der Waals surface area contributed by atoms with E-state index in [9.17, 15) is 0 Å². The van der Waals surface area contributed by atoms with E-state index in [0.717, 1.165) is 62.9 Å². The minimum absolute atomic E-state index is 0.318. The van der Waals surface area contributed by atoms with Gasteiger partial charge in [0.1, 0.15) is 11.6 Å². The molecule has 1 aromatic heterocycles. The summed E-state index contributed by atoms with van der Waals surface area (Å²) >= 11 is 0. The molecule has 0 bridgehead atoms. The molecule has 1 aliphatic rings. The van der Waals surface area contributed by atoms with Gasteiger partial charge >= 0.3 is 0 Å². The zero-order chi connectivity index (χ0) is 15.9. The zero-order valence-corrected chi connectivity index (χ0v) is 14.3. The predicted octanol–water partition coefficient (Wildman–Crippen LogP) is 2.19. The molecule has 5 heteroatoms. The van der Waals surface area contributed by atoms with Crippen molar-refractivity contribution < 1.29 is 5.11 Å². The third kappa shape index (κ3) is 4.92. The van der Waals surface area contributed by atoms with Gasteiger partial charge in [0.25, 0.3) is 0 Å². The standard InChI is InChI=1S/C17H30N4O/c1-14(2)17-18-15(3)13-16(19-17)21-10-8-20(9-11-21)7-5-4-6-12-22/h13-14,22H,4-12H2,1-3H3. The molecule has 0 unspecified atom stereocenters. The number of rotatable bonds is 7. The van der Waals surface area contributed by atoms with E-state index >= 15 is 0 Å². The summed E-state index contributed by atoms with van der Waals surface area (Å²) < 4.78 is 0. The zero-order valence-electron chi connectivity index (χ0n) is 14.3. The van der Waals surface area contributed by atoms with Gasteiger partial charge in [-0.2, -0.15) is 0 Å². The number of aliphatic hydroxyl groups excluding tert-OH is 1. The maximum Gasteiger partial charge on any atom is 0.133 e. The van der Waals surface area contributed by atoms with E-state index in [0.29, 0.717) is 12.5 Å². The Balaban J connectivity index is 1.86. The Hall–Kier alpha value is -1.20. The second-order valence-electron chi connectivity index (χ2n) is 6.49. The van der Waals surface area contributed by atoms with Crippen LogP contribution in [-0.2, 0) is 0 Å². The molecule has 1 fully saturated rings. The molecule has 0 atom stereocenters. The van der Waals surface area contributed by atoms with Crippen molar-refractivity contribution in [1.29, 1.82) is 0 Å². The van der Waals surface area contributed by atoms with Crippen LogP contribution in [0.5, 0.6) is 0 Å². The molecule has 22 heavy (non-hydrogen) atoms. The Morgan fingerprint density at radius 1 is 1.09 bits per heavy atom. The summed E-state index contributed by atoms with van der Waals surface area (Å²) in [6.45, 7) is 12.1. The summed E-state index contributed by atoms with van der Waals surface area (Å²) in [7, 11) is 0. The topological polar surface area (TPSA) is 52.5 Å². The average molecular weight is 306 g/mol. The molecule has 124 valence electrons. The Morgan fingerprint density at radius 2 is 1.82 bits per heavy atom. The maximum absolute atomic E-state index is 8.82. The van der Waals surface area contributed by atoms with Crippen LogP contribution in [0.4, 0.5) is 5.82 Å². The number of piperazine rings is 1. The van der Waals surface area contributed by atoms with Gasteiger partial charge < -0.3 is 10.0 Å². The van der Waals surface area contributed by atoms with Gasteiger partial charge in [0.05, 0.1) is 0 Å². The van der Waals surface area contributed by atoms with Gasteiger partial charge in [0.2, 0.25) is 0 Å². The summed E-state index contributed by atoms with van der Waals surface area (Å²) in [5.74, 6) is 2.39. The molecule has 1 saturated heterocycles. The first-order valence-corrected chi connectivity index (χ1v) is 8.54. The van der Waals surface area contributed by atoms with Crippen LogP contribution in [0, 0.1) is 6.92 Å². The van der Waals surface area contributed by atoms with Crippen LogP contribution in [0.2, 0.25) is 0 Å². The quantitative estimate of drug-likeness (QED) is 0.783. The van der Waals surface area contributed by atoms with Crippen molar-refractivity contribution in [3.05, 3.63) is 17.6 Å². The average Bonchev–Trinajstić information content (AvgIpc) is 2.51. The summed E-state index contributed by atoms with van der Waals surface area (Å²) in [5.41, 5.74) is 1.06. The van der Waals surface area contributed by atoms with Crippen LogP contribution in [0.1, 0.15) is 50.5 Å². The fraction of sp³-hybridized carbons (Fsp3) is 0.765. The molecule has 5 nitrogen and oxygen atoms in total. The van der Waals surface area contributed by atoms with Crippen molar-refractivity contribution in [2.24, 2.45) is 0 Å². The highest BCUT2D eigenvalue weighted by Crippen LogP contribution is 2.18. The van der Waals surface area contributed by atoms with Gasteiger partial charge in [-0.05, 0) is 32.7 Å². The largest absolute Gasteiger partial charge is 0.396 e. The molecule has 1 aliphatic heterocycles. The highest BCUT2D eigenvalue weighted by atomic mass is 16.2. The van der Waals surface area contributed by atoms with Crippen LogP contribution in [0.15, 0.2) is 6.07 Å². The Morgan fingerprint density at radius 3 is 2.45 bits per heavy atom. The van der Waals surface area contributed by atoms with Gasteiger partial charge in [-0.15, -0.1) is 0 Å². The second-order valence-corrected chi connectivity index (χ2v) is 6.49. The molecule has 1 N–H and O–H groups in total. The summed E-state index contributed by atoms with van der Waals surface area (Å²) in [6, 6.07) is 2.10. The molecule has 0 saturated carbocycles. The molecular weight excluding hydrogens is 276 g/mol.